The van der Waals surface area contributed by atoms with Crippen LogP contribution in [0.2, 0.25) is 0 Å². The summed E-state index contributed by atoms with van der Waals surface area (Å²) in [6.45, 7) is 0.385. The molecular weight excluding hydrogens is 251 g/mol. The van der Waals surface area contributed by atoms with Crippen molar-refractivity contribution in [1.82, 2.24) is 4.90 Å². The summed E-state index contributed by atoms with van der Waals surface area (Å²) >= 11 is 0. The lowest BCUT2D eigenvalue weighted by Crippen LogP contribution is -2.41. The minimum atomic E-state index is -0.164. The fourth-order valence-corrected chi connectivity index (χ4v) is 1.94. The van der Waals surface area contributed by atoms with Gasteiger partial charge in [0.2, 0.25) is 0 Å². The summed E-state index contributed by atoms with van der Waals surface area (Å²) < 4.78 is 4.63. The van der Waals surface area contributed by atoms with Crippen molar-refractivity contribution >= 4 is 30.8 Å². The van der Waals surface area contributed by atoms with E-state index in [-0.39, 0.29) is 30.8 Å². The Labute approximate surface area is 110 Å². The zero-order valence-electron chi connectivity index (χ0n) is 9.85. The van der Waals surface area contributed by atoms with Crippen molar-refractivity contribution in [3.05, 3.63) is 0 Å². The largest absolute Gasteiger partial charge is 0.468 e. The zero-order chi connectivity index (χ0) is 10.6. The molecule has 1 rings (SSSR count). The van der Waals surface area contributed by atoms with Crippen molar-refractivity contribution in [1.29, 1.82) is 0 Å². The molecule has 2 N–H and O–H groups in total. The molecule has 0 spiro atoms. The molecule has 0 aromatic heterocycles. The van der Waals surface area contributed by atoms with E-state index in [9.17, 15) is 4.79 Å². The smallest absolute Gasteiger partial charge is 0.319 e. The molecule has 0 unspecified atom stereocenters. The van der Waals surface area contributed by atoms with Gasteiger partial charge in [0.15, 0.2) is 0 Å². The molecule has 1 aliphatic rings. The van der Waals surface area contributed by atoms with Gasteiger partial charge in [-0.2, -0.15) is 0 Å². The number of halogens is 2. The lowest BCUT2D eigenvalue weighted by molar-refractivity contribution is -0.142. The highest BCUT2D eigenvalue weighted by atomic mass is 35.5. The summed E-state index contributed by atoms with van der Waals surface area (Å²) in [5, 5.41) is 0. The van der Waals surface area contributed by atoms with Gasteiger partial charge < -0.3 is 10.5 Å². The molecule has 0 bridgehead atoms. The summed E-state index contributed by atoms with van der Waals surface area (Å²) in [4.78, 5) is 13.1. The summed E-state index contributed by atoms with van der Waals surface area (Å²) in [6, 6.07) is 0.853. The van der Waals surface area contributed by atoms with E-state index in [1.54, 1.807) is 0 Å². The number of hydrogen-bond donors (Lipinski definition) is 1. The number of nitrogens with zero attached hydrogens (tertiary/aromatic N) is 1. The fraction of sp³-hybridized carbons (Fsp3) is 0.900. The van der Waals surface area contributed by atoms with Crippen LogP contribution in [0.4, 0.5) is 0 Å². The zero-order valence-corrected chi connectivity index (χ0v) is 11.5. The molecule has 0 aromatic carbocycles. The van der Waals surface area contributed by atoms with Gasteiger partial charge in [-0.15, -0.1) is 24.8 Å². The van der Waals surface area contributed by atoms with Crippen LogP contribution in [0.1, 0.15) is 25.7 Å². The normalized spacial score (nSPS) is 24.2. The summed E-state index contributed by atoms with van der Waals surface area (Å²) in [7, 11) is 3.39. The van der Waals surface area contributed by atoms with Crippen molar-refractivity contribution < 1.29 is 9.53 Å². The predicted octanol–water partition coefficient (Wildman–Crippen LogP) is 1.20. The Morgan fingerprint density at radius 3 is 2.25 bits per heavy atom. The van der Waals surface area contributed by atoms with Crippen LogP contribution in [-0.2, 0) is 9.53 Å². The van der Waals surface area contributed by atoms with Crippen LogP contribution in [0, 0.1) is 0 Å². The number of rotatable bonds is 3. The average Bonchev–Trinajstić information content (AvgIpc) is 2.18. The van der Waals surface area contributed by atoms with E-state index >= 15 is 0 Å². The first-order valence-electron chi connectivity index (χ1n) is 5.16. The molecule has 0 radical (unpaired) electrons. The van der Waals surface area contributed by atoms with Gasteiger partial charge in [0.25, 0.3) is 0 Å². The molecular formula is C10H22Cl2N2O2. The molecule has 16 heavy (non-hydrogen) atoms. The first-order valence-corrected chi connectivity index (χ1v) is 5.16. The Kier molecular flexibility index (Phi) is 10.4. The highest BCUT2D eigenvalue weighted by Crippen LogP contribution is 2.20. The monoisotopic (exact) mass is 272 g/mol. The molecule has 0 saturated heterocycles. The van der Waals surface area contributed by atoms with Crippen LogP contribution in [0.15, 0.2) is 0 Å². The van der Waals surface area contributed by atoms with Crippen LogP contribution < -0.4 is 5.73 Å². The number of likely N-dealkylation sites (N-methyl/N-ethyl adjacent to an activating group) is 1. The predicted molar refractivity (Wildman–Crippen MR) is 69.4 cm³/mol. The number of methoxy groups -OCH3 is 1. The third-order valence-electron chi connectivity index (χ3n) is 2.97. The van der Waals surface area contributed by atoms with E-state index in [2.05, 4.69) is 9.64 Å². The third kappa shape index (κ3) is 5.89. The maximum Gasteiger partial charge on any atom is 0.319 e. The maximum atomic E-state index is 11.0. The third-order valence-corrected chi connectivity index (χ3v) is 2.97. The second-order valence-corrected chi connectivity index (χ2v) is 4.06. The Morgan fingerprint density at radius 2 is 1.81 bits per heavy atom. The number of carbonyl (C=O) groups excluding carboxylic acids is 1. The number of hydrogen-bond acceptors (Lipinski definition) is 4. The Bertz CT molecular complexity index is 197. The lowest BCUT2D eigenvalue weighted by atomic mass is 9.91. The molecule has 0 atom stereocenters. The van der Waals surface area contributed by atoms with E-state index in [1.807, 2.05) is 7.05 Å². The van der Waals surface area contributed by atoms with Crippen LogP contribution in [0.3, 0.4) is 0 Å². The van der Waals surface area contributed by atoms with Crippen molar-refractivity contribution in [3.8, 4) is 0 Å². The maximum absolute atomic E-state index is 11.0. The minimum Gasteiger partial charge on any atom is -0.468 e. The van der Waals surface area contributed by atoms with Crippen LogP contribution in [0.5, 0.6) is 0 Å². The van der Waals surface area contributed by atoms with Crippen LogP contribution in [0.25, 0.3) is 0 Å². The van der Waals surface area contributed by atoms with Gasteiger partial charge in [0.05, 0.1) is 13.7 Å². The summed E-state index contributed by atoms with van der Waals surface area (Å²) in [6.07, 6.45) is 4.32. The lowest BCUT2D eigenvalue weighted by Gasteiger charge is -2.32. The first-order chi connectivity index (χ1) is 6.63. The molecule has 4 nitrogen and oxygen atoms in total. The molecule has 6 heteroatoms. The van der Waals surface area contributed by atoms with E-state index < -0.39 is 0 Å². The van der Waals surface area contributed by atoms with Crippen molar-refractivity contribution in [2.75, 3.05) is 20.7 Å². The van der Waals surface area contributed by atoms with Crippen molar-refractivity contribution in [2.24, 2.45) is 5.73 Å². The highest BCUT2D eigenvalue weighted by molar-refractivity contribution is 5.85. The number of ether oxygens (including phenoxy) is 1. The van der Waals surface area contributed by atoms with E-state index in [0.717, 1.165) is 25.7 Å². The van der Waals surface area contributed by atoms with Gasteiger partial charge in [-0.25, -0.2) is 0 Å². The van der Waals surface area contributed by atoms with Gasteiger partial charge in [-0.3, -0.25) is 9.69 Å². The Hall–Kier alpha value is -0.0300. The molecule has 0 amide bonds. The van der Waals surface area contributed by atoms with E-state index in [1.165, 1.54) is 7.11 Å². The van der Waals surface area contributed by atoms with Crippen molar-refractivity contribution in [2.45, 2.75) is 37.8 Å². The molecule has 1 saturated carbocycles. The Morgan fingerprint density at radius 1 is 1.31 bits per heavy atom. The van der Waals surface area contributed by atoms with Crippen molar-refractivity contribution in [3.63, 3.8) is 0 Å². The van der Waals surface area contributed by atoms with Crippen LogP contribution >= 0.6 is 24.8 Å². The van der Waals surface area contributed by atoms with E-state index in [4.69, 9.17) is 5.73 Å². The van der Waals surface area contributed by atoms with Gasteiger partial charge in [-0.1, -0.05) is 0 Å². The highest BCUT2D eigenvalue weighted by Gasteiger charge is 2.23. The molecule has 0 heterocycles. The topological polar surface area (TPSA) is 55.6 Å². The Balaban J connectivity index is 0. The molecule has 1 aliphatic carbocycles. The van der Waals surface area contributed by atoms with Gasteiger partial charge in [0, 0.05) is 12.1 Å². The first kappa shape index (κ1) is 18.3. The number of carbonyl (C=O) groups is 1. The number of esters is 1. The second-order valence-electron chi connectivity index (χ2n) is 4.06. The van der Waals surface area contributed by atoms with Crippen LogP contribution in [-0.4, -0.2) is 43.7 Å². The summed E-state index contributed by atoms with van der Waals surface area (Å²) in [5.74, 6) is -0.164. The summed E-state index contributed by atoms with van der Waals surface area (Å²) in [5.41, 5.74) is 5.81. The van der Waals surface area contributed by atoms with E-state index in [0.29, 0.717) is 18.6 Å². The average molecular weight is 273 g/mol. The van der Waals surface area contributed by atoms with Gasteiger partial charge in [0.1, 0.15) is 0 Å². The minimum absolute atomic E-state index is 0. The molecule has 0 aliphatic heterocycles. The fourth-order valence-electron chi connectivity index (χ4n) is 1.94. The SMILES string of the molecule is COC(=O)CN(C)C1CCC(N)CC1.Cl.Cl. The molecule has 0 aromatic rings. The quantitative estimate of drug-likeness (QED) is 0.785. The van der Waals surface area contributed by atoms with Gasteiger partial charge in [-0.05, 0) is 32.7 Å². The molecule has 1 fully saturated rings. The van der Waals surface area contributed by atoms with Gasteiger partial charge >= 0.3 is 5.97 Å². The second kappa shape index (κ2) is 9.05. The molecule has 98 valence electrons. The standard InChI is InChI=1S/C10H20N2O2.2ClH/c1-12(7-10(13)14-2)9-5-3-8(11)4-6-9;;/h8-9H,3-7,11H2,1-2H3;2*1H. The number of nitrogens with two attached hydrogens (primary N) is 1.